The Hall–Kier alpha value is -2.32. The molecule has 3 aromatic rings. The second-order valence-corrected chi connectivity index (χ2v) is 7.04. The molecule has 1 fully saturated rings. The molecule has 1 saturated carbocycles. The maximum atomic E-state index is 12.7. The molecule has 1 aliphatic carbocycles. The molecule has 0 spiro atoms. The summed E-state index contributed by atoms with van der Waals surface area (Å²) in [5.74, 6) is 0.503. The number of carbonyl (C=O) groups is 1. The number of thiophene rings is 1. The molecular formula is C16H17N5O2S. The number of nitrogens with one attached hydrogen (secondary N) is 1. The van der Waals surface area contributed by atoms with Crippen molar-refractivity contribution >= 4 is 27.5 Å². The van der Waals surface area contributed by atoms with Crippen LogP contribution in [0.2, 0.25) is 0 Å². The van der Waals surface area contributed by atoms with Gasteiger partial charge in [-0.05, 0) is 37.1 Å². The minimum absolute atomic E-state index is 0.0961. The van der Waals surface area contributed by atoms with Gasteiger partial charge in [-0.2, -0.15) is 0 Å². The van der Waals surface area contributed by atoms with Gasteiger partial charge in [-0.15, -0.1) is 11.3 Å². The summed E-state index contributed by atoms with van der Waals surface area (Å²) in [5.41, 5.74) is 1.14. The molecule has 7 nitrogen and oxygen atoms in total. The molecule has 4 rings (SSSR count). The lowest BCUT2D eigenvalue weighted by atomic mass is 9.77. The van der Waals surface area contributed by atoms with Gasteiger partial charge in [0.05, 0.1) is 16.3 Å². The van der Waals surface area contributed by atoms with Crippen LogP contribution >= 0.6 is 11.3 Å². The van der Waals surface area contributed by atoms with Gasteiger partial charge in [0, 0.05) is 18.4 Å². The first-order chi connectivity index (χ1) is 11.6. The number of carbonyl (C=O) groups excluding carboxylic acids is 1. The predicted molar refractivity (Wildman–Crippen MR) is 90.2 cm³/mol. The molecule has 0 saturated heterocycles. The highest BCUT2D eigenvalue weighted by Crippen LogP contribution is 2.31. The van der Waals surface area contributed by atoms with E-state index in [1.807, 2.05) is 11.4 Å². The molecule has 1 amide bonds. The summed E-state index contributed by atoms with van der Waals surface area (Å²) in [6.07, 6.45) is 6.27. The van der Waals surface area contributed by atoms with Crippen LogP contribution in [0.25, 0.3) is 16.2 Å². The van der Waals surface area contributed by atoms with E-state index in [2.05, 4.69) is 20.3 Å². The maximum Gasteiger partial charge on any atom is 0.271 e. The highest BCUT2D eigenvalue weighted by molar-refractivity contribution is 7.17. The van der Waals surface area contributed by atoms with Crippen LogP contribution in [0.4, 0.5) is 0 Å². The fraction of sp³-hybridized carbons (Fsp3) is 0.375. The third-order valence-electron chi connectivity index (χ3n) is 4.43. The first kappa shape index (κ1) is 15.2. The Morgan fingerprint density at radius 2 is 2.29 bits per heavy atom. The smallest absolute Gasteiger partial charge is 0.271 e. The molecule has 0 unspecified atom stereocenters. The monoisotopic (exact) mass is 343 g/mol. The summed E-state index contributed by atoms with van der Waals surface area (Å²) in [7, 11) is 0. The fourth-order valence-corrected chi connectivity index (χ4v) is 3.74. The Morgan fingerprint density at radius 1 is 1.46 bits per heavy atom. The lowest BCUT2D eigenvalue weighted by Gasteiger charge is -2.37. The number of hydrogen-bond acceptors (Lipinski definition) is 6. The number of nitrogens with zero attached hydrogens (tertiary/aromatic N) is 4. The van der Waals surface area contributed by atoms with Gasteiger partial charge in [-0.25, -0.2) is 15.0 Å². The number of fused-ring (bicyclic) bond motifs is 1. The molecule has 8 heteroatoms. The Morgan fingerprint density at radius 3 is 3.00 bits per heavy atom. The van der Waals surface area contributed by atoms with E-state index >= 15 is 0 Å². The summed E-state index contributed by atoms with van der Waals surface area (Å²) < 4.78 is 2.46. The van der Waals surface area contributed by atoms with E-state index in [0.717, 1.165) is 23.1 Å². The van der Waals surface area contributed by atoms with Gasteiger partial charge in [0.25, 0.3) is 5.91 Å². The molecule has 0 bridgehead atoms. The van der Waals surface area contributed by atoms with Gasteiger partial charge in [0.1, 0.15) is 6.33 Å². The van der Waals surface area contributed by atoms with Crippen LogP contribution in [0.5, 0.6) is 0 Å². The van der Waals surface area contributed by atoms with E-state index in [0.29, 0.717) is 11.6 Å². The largest absolute Gasteiger partial charge is 0.393 e. The average molecular weight is 343 g/mol. The van der Waals surface area contributed by atoms with E-state index < -0.39 is 0 Å². The number of imidazole rings is 1. The number of aromatic nitrogens is 4. The van der Waals surface area contributed by atoms with Crippen molar-refractivity contribution in [2.75, 3.05) is 0 Å². The first-order valence-corrected chi connectivity index (χ1v) is 8.72. The third-order valence-corrected chi connectivity index (χ3v) is 5.34. The molecule has 24 heavy (non-hydrogen) atoms. The Labute approximate surface area is 142 Å². The molecule has 1 atom stereocenters. The second-order valence-electron chi connectivity index (χ2n) is 6.12. The van der Waals surface area contributed by atoms with E-state index in [9.17, 15) is 9.90 Å². The highest BCUT2D eigenvalue weighted by Gasteiger charge is 2.34. The second kappa shape index (κ2) is 5.95. The van der Waals surface area contributed by atoms with Crippen LogP contribution in [0.1, 0.15) is 30.3 Å². The standard InChI is InChI=1S/C16H17N5O2S/c1-9(22)10-6-11(7-10)18-15(23)13-14-12(2-5-24-14)19-16(20-13)21-4-3-17-8-21/h2-5,8-11,22H,6-7H2,1H3,(H,18,23)/t9-,10?,11?/m1/s1. The van der Waals surface area contributed by atoms with Gasteiger partial charge in [0.2, 0.25) is 5.95 Å². The Balaban J connectivity index is 1.61. The number of aliphatic hydroxyl groups excluding tert-OH is 1. The molecule has 0 aromatic carbocycles. The predicted octanol–water partition coefficient (Wildman–Crippen LogP) is 1.77. The van der Waals surface area contributed by atoms with Crippen LogP contribution < -0.4 is 5.32 Å². The molecular weight excluding hydrogens is 326 g/mol. The molecule has 3 heterocycles. The fourth-order valence-electron chi connectivity index (χ4n) is 2.93. The van der Waals surface area contributed by atoms with Crippen molar-refractivity contribution in [3.63, 3.8) is 0 Å². The highest BCUT2D eigenvalue weighted by atomic mass is 32.1. The van der Waals surface area contributed by atoms with Crippen molar-refractivity contribution in [1.29, 1.82) is 0 Å². The molecule has 2 N–H and O–H groups in total. The Kier molecular flexibility index (Phi) is 3.78. The van der Waals surface area contributed by atoms with Crippen LogP contribution in [-0.4, -0.2) is 42.7 Å². The van der Waals surface area contributed by atoms with Gasteiger partial charge in [-0.3, -0.25) is 9.36 Å². The molecule has 3 aromatic heterocycles. The van der Waals surface area contributed by atoms with Gasteiger partial charge < -0.3 is 10.4 Å². The van der Waals surface area contributed by atoms with Crippen molar-refractivity contribution in [3.8, 4) is 5.95 Å². The van der Waals surface area contributed by atoms with Crippen LogP contribution in [0.3, 0.4) is 0 Å². The lowest BCUT2D eigenvalue weighted by Crippen LogP contribution is -2.47. The molecule has 0 aliphatic heterocycles. The van der Waals surface area contributed by atoms with Gasteiger partial charge in [0.15, 0.2) is 5.69 Å². The Bertz CT molecular complexity index is 868. The van der Waals surface area contributed by atoms with Gasteiger partial charge in [-0.1, -0.05) is 0 Å². The quantitative estimate of drug-likeness (QED) is 0.753. The van der Waals surface area contributed by atoms with Crippen molar-refractivity contribution in [1.82, 2.24) is 24.8 Å². The normalized spacial score (nSPS) is 21.4. The number of aliphatic hydroxyl groups is 1. The molecule has 124 valence electrons. The summed E-state index contributed by atoms with van der Waals surface area (Å²) in [6, 6.07) is 1.98. The molecule has 1 aliphatic rings. The van der Waals surface area contributed by atoms with Gasteiger partial charge >= 0.3 is 0 Å². The first-order valence-electron chi connectivity index (χ1n) is 7.84. The van der Waals surface area contributed by atoms with E-state index in [1.54, 1.807) is 30.2 Å². The van der Waals surface area contributed by atoms with E-state index in [-0.39, 0.29) is 24.0 Å². The maximum absolute atomic E-state index is 12.7. The number of amides is 1. The summed E-state index contributed by atoms with van der Waals surface area (Å²) in [6.45, 7) is 1.79. The minimum Gasteiger partial charge on any atom is -0.393 e. The topological polar surface area (TPSA) is 92.9 Å². The van der Waals surface area contributed by atoms with Crippen molar-refractivity contribution in [2.24, 2.45) is 5.92 Å². The zero-order valence-electron chi connectivity index (χ0n) is 13.1. The van der Waals surface area contributed by atoms with E-state index in [4.69, 9.17) is 0 Å². The van der Waals surface area contributed by atoms with Crippen molar-refractivity contribution in [3.05, 3.63) is 35.9 Å². The summed E-state index contributed by atoms with van der Waals surface area (Å²) in [5, 5.41) is 14.5. The summed E-state index contributed by atoms with van der Waals surface area (Å²) in [4.78, 5) is 25.6. The van der Waals surface area contributed by atoms with Crippen LogP contribution in [0, 0.1) is 5.92 Å². The van der Waals surface area contributed by atoms with Crippen molar-refractivity contribution < 1.29 is 9.90 Å². The van der Waals surface area contributed by atoms with Crippen molar-refractivity contribution in [2.45, 2.75) is 31.9 Å². The van der Waals surface area contributed by atoms with Crippen LogP contribution in [-0.2, 0) is 0 Å². The number of rotatable bonds is 4. The number of hydrogen-bond donors (Lipinski definition) is 2. The minimum atomic E-state index is -0.325. The molecule has 0 radical (unpaired) electrons. The zero-order chi connectivity index (χ0) is 16.7. The van der Waals surface area contributed by atoms with Crippen LogP contribution in [0.15, 0.2) is 30.2 Å². The van der Waals surface area contributed by atoms with E-state index in [1.165, 1.54) is 11.3 Å². The summed E-state index contributed by atoms with van der Waals surface area (Å²) >= 11 is 1.46. The lowest BCUT2D eigenvalue weighted by molar-refractivity contribution is 0.0509. The third kappa shape index (κ3) is 2.67. The average Bonchev–Trinajstić information content (AvgIpc) is 3.18. The SMILES string of the molecule is C[C@@H](O)C1CC(NC(=O)c2nc(-n3ccnc3)nc3ccsc23)C1. The zero-order valence-corrected chi connectivity index (χ0v) is 13.9.